The summed E-state index contributed by atoms with van der Waals surface area (Å²) in [5, 5.41) is 3.81. The fraction of sp³-hybridized carbons (Fsp3) is 0.579. The number of carbonyl (C=O) groups excluding carboxylic acids is 1. The standard InChI is InChI=1S/C19H25N3O2S2/c23-18(6-2-1-4-14-9-11-25-26-14)20-13-7-8-15-16(12-13)22-19(21-15)17-5-3-10-24-17/h7-8,12,14,17H,1-6,9-11H2,(H,20,23)(H,21,22)/t14-,17-/m1/s1. The number of nitrogens with one attached hydrogen (secondary N) is 2. The zero-order valence-electron chi connectivity index (χ0n) is 14.8. The van der Waals surface area contributed by atoms with Gasteiger partial charge < -0.3 is 15.0 Å². The van der Waals surface area contributed by atoms with Crippen LogP contribution in [0.4, 0.5) is 5.69 Å². The van der Waals surface area contributed by atoms with E-state index in [9.17, 15) is 4.79 Å². The summed E-state index contributed by atoms with van der Waals surface area (Å²) in [5.41, 5.74) is 2.69. The SMILES string of the molecule is O=C(CCCC[C@@H]1CCSS1)Nc1ccc2nc([C@H]3CCCO3)[nH]c2c1. The summed E-state index contributed by atoms with van der Waals surface area (Å²) in [7, 11) is 3.99. The number of ether oxygens (including phenoxy) is 1. The molecule has 1 aromatic carbocycles. The van der Waals surface area contributed by atoms with Crippen LogP contribution in [0.25, 0.3) is 11.0 Å². The largest absolute Gasteiger partial charge is 0.370 e. The number of rotatable bonds is 7. The smallest absolute Gasteiger partial charge is 0.224 e. The minimum Gasteiger partial charge on any atom is -0.370 e. The van der Waals surface area contributed by atoms with Crippen molar-refractivity contribution in [2.75, 3.05) is 17.7 Å². The highest BCUT2D eigenvalue weighted by Crippen LogP contribution is 2.39. The summed E-state index contributed by atoms with van der Waals surface area (Å²) in [4.78, 5) is 20.2. The zero-order chi connectivity index (χ0) is 17.8. The van der Waals surface area contributed by atoms with E-state index >= 15 is 0 Å². The van der Waals surface area contributed by atoms with Crippen molar-refractivity contribution in [2.45, 2.75) is 56.3 Å². The summed E-state index contributed by atoms with van der Waals surface area (Å²) in [6, 6.07) is 5.84. The second-order valence-electron chi connectivity index (χ2n) is 6.98. The lowest BCUT2D eigenvalue weighted by atomic mass is 10.1. The molecule has 2 N–H and O–H groups in total. The van der Waals surface area contributed by atoms with Crippen molar-refractivity contribution in [3.05, 3.63) is 24.0 Å². The van der Waals surface area contributed by atoms with Crippen LogP contribution >= 0.6 is 21.6 Å². The highest BCUT2D eigenvalue weighted by Gasteiger charge is 2.21. The van der Waals surface area contributed by atoms with Crippen LogP contribution in [-0.2, 0) is 9.53 Å². The van der Waals surface area contributed by atoms with E-state index in [1.54, 1.807) is 0 Å². The van der Waals surface area contributed by atoms with Crippen molar-refractivity contribution in [3.8, 4) is 0 Å². The Morgan fingerprint density at radius 2 is 2.31 bits per heavy atom. The molecule has 0 saturated carbocycles. The van der Waals surface area contributed by atoms with E-state index in [1.807, 2.05) is 39.8 Å². The minimum atomic E-state index is 0.0804. The molecule has 0 unspecified atom stereocenters. The third-order valence-electron chi connectivity index (χ3n) is 4.93. The van der Waals surface area contributed by atoms with Crippen molar-refractivity contribution in [2.24, 2.45) is 0 Å². The van der Waals surface area contributed by atoms with Crippen molar-refractivity contribution in [3.63, 3.8) is 0 Å². The Kier molecular flexibility index (Phi) is 6.07. The molecule has 2 fully saturated rings. The summed E-state index contributed by atoms with van der Waals surface area (Å²) >= 11 is 0. The van der Waals surface area contributed by atoms with E-state index in [1.165, 1.54) is 18.6 Å². The molecular formula is C19H25N3O2S2. The Balaban J connectivity index is 1.28. The lowest BCUT2D eigenvalue weighted by Gasteiger charge is -2.07. The number of nitrogens with zero attached hydrogens (tertiary/aromatic N) is 1. The lowest BCUT2D eigenvalue weighted by molar-refractivity contribution is -0.116. The number of imidazole rings is 1. The fourth-order valence-electron chi connectivity index (χ4n) is 3.50. The molecule has 0 spiro atoms. The highest BCUT2D eigenvalue weighted by atomic mass is 33.1. The van der Waals surface area contributed by atoms with E-state index < -0.39 is 0 Å². The van der Waals surface area contributed by atoms with Crippen LogP contribution in [0.1, 0.15) is 56.9 Å². The van der Waals surface area contributed by atoms with Gasteiger partial charge in [-0.3, -0.25) is 4.79 Å². The van der Waals surface area contributed by atoms with Gasteiger partial charge in [-0.05, 0) is 50.3 Å². The predicted octanol–water partition coefficient (Wildman–Crippen LogP) is 5.07. The lowest BCUT2D eigenvalue weighted by Crippen LogP contribution is -2.11. The summed E-state index contributed by atoms with van der Waals surface area (Å²) < 4.78 is 5.69. The van der Waals surface area contributed by atoms with E-state index in [0.717, 1.165) is 60.1 Å². The number of fused-ring (bicyclic) bond motifs is 1. The number of unbranched alkanes of at least 4 members (excludes halogenated alkanes) is 1. The van der Waals surface area contributed by atoms with Gasteiger partial charge in [0.15, 0.2) is 0 Å². The topological polar surface area (TPSA) is 67.0 Å². The molecule has 5 nitrogen and oxygen atoms in total. The second-order valence-corrected chi connectivity index (χ2v) is 9.77. The van der Waals surface area contributed by atoms with Gasteiger partial charge in [0, 0.05) is 29.7 Å². The number of aromatic amines is 1. The van der Waals surface area contributed by atoms with Gasteiger partial charge in [0.05, 0.1) is 11.0 Å². The monoisotopic (exact) mass is 391 g/mol. The normalized spacial score (nSPS) is 22.9. The number of amides is 1. The summed E-state index contributed by atoms with van der Waals surface area (Å²) in [6.07, 6.45) is 7.42. The van der Waals surface area contributed by atoms with E-state index in [0.29, 0.717) is 6.42 Å². The van der Waals surface area contributed by atoms with Crippen LogP contribution in [-0.4, -0.2) is 33.5 Å². The Labute approximate surface area is 161 Å². The predicted molar refractivity (Wildman–Crippen MR) is 110 cm³/mol. The van der Waals surface area contributed by atoms with Crippen molar-refractivity contribution in [1.29, 1.82) is 0 Å². The van der Waals surface area contributed by atoms with Crippen LogP contribution in [0.15, 0.2) is 18.2 Å². The van der Waals surface area contributed by atoms with Crippen molar-refractivity contribution < 1.29 is 9.53 Å². The van der Waals surface area contributed by atoms with Crippen molar-refractivity contribution in [1.82, 2.24) is 9.97 Å². The molecule has 1 aromatic heterocycles. The van der Waals surface area contributed by atoms with Crippen LogP contribution in [0.5, 0.6) is 0 Å². The number of hydrogen-bond donors (Lipinski definition) is 2. The third-order valence-corrected chi connectivity index (χ3v) is 7.93. The first-order valence-electron chi connectivity index (χ1n) is 9.47. The van der Waals surface area contributed by atoms with Gasteiger partial charge >= 0.3 is 0 Å². The van der Waals surface area contributed by atoms with Gasteiger partial charge in [-0.1, -0.05) is 28.0 Å². The fourth-order valence-corrected chi connectivity index (χ4v) is 6.53. The summed E-state index contributed by atoms with van der Waals surface area (Å²) in [6.45, 7) is 0.807. The number of aromatic nitrogens is 2. The first-order chi connectivity index (χ1) is 12.8. The molecule has 140 valence electrons. The van der Waals surface area contributed by atoms with Gasteiger partial charge in [0.1, 0.15) is 11.9 Å². The van der Waals surface area contributed by atoms with E-state index in [-0.39, 0.29) is 12.0 Å². The van der Waals surface area contributed by atoms with Crippen LogP contribution in [0.2, 0.25) is 0 Å². The molecule has 2 saturated heterocycles. The second kappa shape index (κ2) is 8.67. The highest BCUT2D eigenvalue weighted by molar-refractivity contribution is 8.77. The van der Waals surface area contributed by atoms with Gasteiger partial charge in [-0.2, -0.15) is 0 Å². The molecule has 0 aliphatic carbocycles. The molecule has 26 heavy (non-hydrogen) atoms. The first kappa shape index (κ1) is 18.2. The number of benzene rings is 1. The Bertz CT molecular complexity index is 752. The third kappa shape index (κ3) is 4.56. The number of hydrogen-bond acceptors (Lipinski definition) is 5. The number of carbonyl (C=O) groups is 1. The molecule has 0 bridgehead atoms. The molecule has 0 radical (unpaired) electrons. The molecule has 7 heteroatoms. The zero-order valence-corrected chi connectivity index (χ0v) is 16.5. The van der Waals surface area contributed by atoms with E-state index in [4.69, 9.17) is 4.74 Å². The molecule has 3 heterocycles. The Hall–Kier alpha value is -1.18. The van der Waals surface area contributed by atoms with Crippen LogP contribution in [0, 0.1) is 0 Å². The molecule has 2 aliphatic rings. The molecule has 2 aromatic rings. The minimum absolute atomic E-state index is 0.0804. The number of anilines is 1. The maximum atomic E-state index is 12.2. The average molecular weight is 392 g/mol. The molecule has 2 atom stereocenters. The Morgan fingerprint density at radius 3 is 3.12 bits per heavy atom. The first-order valence-corrected chi connectivity index (χ1v) is 11.9. The van der Waals surface area contributed by atoms with Gasteiger partial charge in [-0.15, -0.1) is 0 Å². The van der Waals surface area contributed by atoms with Crippen LogP contribution < -0.4 is 5.32 Å². The van der Waals surface area contributed by atoms with Gasteiger partial charge in [0.2, 0.25) is 5.91 Å². The van der Waals surface area contributed by atoms with Crippen molar-refractivity contribution >= 4 is 44.2 Å². The summed E-state index contributed by atoms with van der Waals surface area (Å²) in [5.74, 6) is 2.26. The molecule has 4 rings (SSSR count). The van der Waals surface area contributed by atoms with Gasteiger partial charge in [0.25, 0.3) is 0 Å². The maximum absolute atomic E-state index is 12.2. The van der Waals surface area contributed by atoms with Gasteiger partial charge in [-0.25, -0.2) is 4.98 Å². The molecular weight excluding hydrogens is 366 g/mol. The molecule has 1 amide bonds. The Morgan fingerprint density at radius 1 is 1.35 bits per heavy atom. The quantitative estimate of drug-likeness (QED) is 0.510. The maximum Gasteiger partial charge on any atom is 0.224 e. The number of H-pyrrole nitrogens is 1. The van der Waals surface area contributed by atoms with E-state index in [2.05, 4.69) is 15.3 Å². The average Bonchev–Trinajstić information content (AvgIpc) is 3.39. The molecule has 2 aliphatic heterocycles. The van der Waals surface area contributed by atoms with Crippen LogP contribution in [0.3, 0.4) is 0 Å².